The second kappa shape index (κ2) is 5.73. The van der Waals surface area contributed by atoms with Crippen LogP contribution < -0.4 is 9.64 Å². The number of carbonyl (C=O) groups excluding carboxylic acids is 1. The number of carbonyl (C=O) groups is 2. The van der Waals surface area contributed by atoms with E-state index in [1.54, 1.807) is 17.0 Å². The van der Waals surface area contributed by atoms with E-state index in [-0.39, 0.29) is 17.2 Å². The van der Waals surface area contributed by atoms with E-state index in [1.807, 2.05) is 0 Å². The fraction of sp³-hybridized carbons (Fsp3) is 0.429. The van der Waals surface area contributed by atoms with Crippen molar-refractivity contribution in [2.24, 2.45) is 0 Å². The molecule has 0 radical (unpaired) electrons. The van der Waals surface area contributed by atoms with E-state index in [0.29, 0.717) is 18.7 Å². The maximum absolute atomic E-state index is 12.0. The largest absolute Gasteiger partial charge is 0.496 e. The summed E-state index contributed by atoms with van der Waals surface area (Å²) in [6, 6.07) is 4.76. The highest BCUT2D eigenvalue weighted by atomic mass is 16.5. The summed E-state index contributed by atoms with van der Waals surface area (Å²) in [5, 5.41) is 9.03. The van der Waals surface area contributed by atoms with Crippen LogP contribution in [0.4, 0.5) is 5.69 Å². The Morgan fingerprint density at radius 2 is 2.11 bits per heavy atom. The van der Waals surface area contributed by atoms with Crippen LogP contribution in [-0.2, 0) is 4.79 Å². The van der Waals surface area contributed by atoms with E-state index in [0.717, 1.165) is 19.3 Å². The molecular weight excluding hydrogens is 246 g/mol. The lowest BCUT2D eigenvalue weighted by atomic mass is 10.1. The van der Waals surface area contributed by atoms with Crippen molar-refractivity contribution in [3.63, 3.8) is 0 Å². The van der Waals surface area contributed by atoms with Crippen LogP contribution in [0.3, 0.4) is 0 Å². The van der Waals surface area contributed by atoms with E-state index in [2.05, 4.69) is 0 Å². The van der Waals surface area contributed by atoms with Gasteiger partial charge in [0.15, 0.2) is 0 Å². The molecule has 0 saturated carbocycles. The second-order valence-corrected chi connectivity index (χ2v) is 4.55. The number of benzene rings is 1. The summed E-state index contributed by atoms with van der Waals surface area (Å²) >= 11 is 0. The summed E-state index contributed by atoms with van der Waals surface area (Å²) in [6.45, 7) is 0.675. The fourth-order valence-electron chi connectivity index (χ4n) is 2.28. The van der Waals surface area contributed by atoms with Crippen LogP contribution in [0.25, 0.3) is 0 Å². The molecule has 102 valence electrons. The van der Waals surface area contributed by atoms with Crippen molar-refractivity contribution in [1.29, 1.82) is 0 Å². The van der Waals surface area contributed by atoms with Crippen molar-refractivity contribution in [2.45, 2.75) is 25.7 Å². The van der Waals surface area contributed by atoms with E-state index in [9.17, 15) is 9.59 Å². The highest BCUT2D eigenvalue weighted by Crippen LogP contribution is 2.27. The fourth-order valence-corrected chi connectivity index (χ4v) is 2.28. The third-order valence-electron chi connectivity index (χ3n) is 3.30. The molecular formula is C14H17NO4. The average Bonchev–Trinajstić information content (AvgIpc) is 2.62. The first-order valence-corrected chi connectivity index (χ1v) is 6.35. The van der Waals surface area contributed by atoms with Crippen molar-refractivity contribution in [3.05, 3.63) is 23.8 Å². The van der Waals surface area contributed by atoms with E-state index in [4.69, 9.17) is 9.84 Å². The lowest BCUT2D eigenvalue weighted by molar-refractivity contribution is -0.118. The molecule has 5 nitrogen and oxygen atoms in total. The molecule has 19 heavy (non-hydrogen) atoms. The lowest BCUT2D eigenvalue weighted by Crippen LogP contribution is -2.30. The maximum Gasteiger partial charge on any atom is 0.339 e. The summed E-state index contributed by atoms with van der Waals surface area (Å²) in [6.07, 6.45) is 3.48. The number of ether oxygens (including phenoxy) is 1. The standard InChI is InChI=1S/C14H17NO4/c1-19-12-9-10(6-7-11(12)14(17)18)15-8-4-2-3-5-13(15)16/h6-7,9H,2-5,8H2,1H3,(H,17,18). The van der Waals surface area contributed by atoms with E-state index < -0.39 is 5.97 Å². The average molecular weight is 263 g/mol. The molecule has 0 atom stereocenters. The second-order valence-electron chi connectivity index (χ2n) is 4.55. The van der Waals surface area contributed by atoms with Gasteiger partial charge in [0.1, 0.15) is 11.3 Å². The van der Waals surface area contributed by atoms with Crippen LogP contribution >= 0.6 is 0 Å². The van der Waals surface area contributed by atoms with Gasteiger partial charge in [-0.1, -0.05) is 6.42 Å². The van der Waals surface area contributed by atoms with E-state index in [1.165, 1.54) is 13.2 Å². The molecule has 1 heterocycles. The molecule has 2 rings (SSSR count). The van der Waals surface area contributed by atoms with Crippen LogP contribution in [-0.4, -0.2) is 30.6 Å². The van der Waals surface area contributed by atoms with Gasteiger partial charge in [-0.25, -0.2) is 4.79 Å². The number of anilines is 1. The quantitative estimate of drug-likeness (QED) is 0.908. The number of carboxylic acid groups (broad SMARTS) is 1. The first kappa shape index (κ1) is 13.4. The highest BCUT2D eigenvalue weighted by molar-refractivity contribution is 5.96. The van der Waals surface area contributed by atoms with Crippen molar-refractivity contribution in [1.82, 2.24) is 0 Å². The van der Waals surface area contributed by atoms with Crippen molar-refractivity contribution < 1.29 is 19.4 Å². The number of aromatic carboxylic acids is 1. The topological polar surface area (TPSA) is 66.8 Å². The first-order chi connectivity index (χ1) is 9.13. The van der Waals surface area contributed by atoms with Gasteiger partial charge in [-0.05, 0) is 25.0 Å². The van der Waals surface area contributed by atoms with Crippen LogP contribution in [0.5, 0.6) is 5.75 Å². The lowest BCUT2D eigenvalue weighted by Gasteiger charge is -2.21. The summed E-state index contributed by atoms with van der Waals surface area (Å²) in [4.78, 5) is 24.7. The predicted molar refractivity (Wildman–Crippen MR) is 70.8 cm³/mol. The smallest absolute Gasteiger partial charge is 0.339 e. The predicted octanol–water partition coefficient (Wildman–Crippen LogP) is 2.30. The molecule has 1 aliphatic rings. The van der Waals surface area contributed by atoms with Gasteiger partial charge in [-0.2, -0.15) is 0 Å². The molecule has 1 aromatic rings. The Morgan fingerprint density at radius 3 is 2.79 bits per heavy atom. The number of hydrogen-bond acceptors (Lipinski definition) is 3. The highest BCUT2D eigenvalue weighted by Gasteiger charge is 2.20. The maximum atomic E-state index is 12.0. The third kappa shape index (κ3) is 2.86. The van der Waals surface area contributed by atoms with Gasteiger partial charge in [0.25, 0.3) is 0 Å². The van der Waals surface area contributed by atoms with Gasteiger partial charge >= 0.3 is 5.97 Å². The molecule has 0 aromatic heterocycles. The van der Waals surface area contributed by atoms with Gasteiger partial charge < -0.3 is 14.7 Å². The molecule has 0 bridgehead atoms. The van der Waals surface area contributed by atoms with Gasteiger partial charge in [0, 0.05) is 24.7 Å². The molecule has 1 saturated heterocycles. The van der Waals surface area contributed by atoms with Crippen molar-refractivity contribution >= 4 is 17.6 Å². The van der Waals surface area contributed by atoms with E-state index >= 15 is 0 Å². The number of hydrogen-bond donors (Lipinski definition) is 1. The summed E-state index contributed by atoms with van der Waals surface area (Å²) in [5.74, 6) is -0.671. The Morgan fingerprint density at radius 1 is 1.32 bits per heavy atom. The Hall–Kier alpha value is -2.04. The molecule has 0 spiro atoms. The summed E-state index contributed by atoms with van der Waals surface area (Å²) in [7, 11) is 1.43. The van der Waals surface area contributed by atoms with Crippen LogP contribution in [0.1, 0.15) is 36.0 Å². The minimum Gasteiger partial charge on any atom is -0.496 e. The molecule has 0 aliphatic carbocycles. The molecule has 1 amide bonds. The first-order valence-electron chi connectivity index (χ1n) is 6.35. The van der Waals surface area contributed by atoms with Gasteiger partial charge in [-0.3, -0.25) is 4.79 Å². The van der Waals surface area contributed by atoms with Gasteiger partial charge in [0.2, 0.25) is 5.91 Å². The zero-order chi connectivity index (χ0) is 13.8. The molecule has 1 fully saturated rings. The normalized spacial score (nSPS) is 16.1. The Balaban J connectivity index is 2.34. The number of methoxy groups -OCH3 is 1. The molecule has 1 N–H and O–H groups in total. The van der Waals surface area contributed by atoms with Crippen LogP contribution in [0, 0.1) is 0 Å². The SMILES string of the molecule is COc1cc(N2CCCCCC2=O)ccc1C(=O)O. The number of rotatable bonds is 3. The zero-order valence-corrected chi connectivity index (χ0v) is 10.9. The summed E-state index contributed by atoms with van der Waals surface area (Å²) in [5.41, 5.74) is 0.808. The Labute approximate surface area is 111 Å². The zero-order valence-electron chi connectivity index (χ0n) is 10.9. The molecule has 5 heteroatoms. The minimum absolute atomic E-state index is 0.0858. The van der Waals surface area contributed by atoms with Crippen molar-refractivity contribution in [2.75, 3.05) is 18.6 Å². The number of amides is 1. The van der Waals surface area contributed by atoms with Crippen LogP contribution in [0.15, 0.2) is 18.2 Å². The monoisotopic (exact) mass is 263 g/mol. The van der Waals surface area contributed by atoms with Crippen molar-refractivity contribution in [3.8, 4) is 5.75 Å². The Bertz CT molecular complexity index is 498. The van der Waals surface area contributed by atoms with Gasteiger partial charge in [-0.15, -0.1) is 0 Å². The summed E-state index contributed by atoms with van der Waals surface area (Å²) < 4.78 is 5.09. The minimum atomic E-state index is -1.04. The number of carboxylic acids is 1. The van der Waals surface area contributed by atoms with Gasteiger partial charge in [0.05, 0.1) is 7.11 Å². The van der Waals surface area contributed by atoms with Crippen LogP contribution in [0.2, 0.25) is 0 Å². The molecule has 1 aromatic carbocycles. The molecule has 1 aliphatic heterocycles. The Kier molecular flexibility index (Phi) is 4.04. The molecule has 0 unspecified atom stereocenters. The number of nitrogens with zero attached hydrogens (tertiary/aromatic N) is 1. The third-order valence-corrected chi connectivity index (χ3v) is 3.30.